The highest BCUT2D eigenvalue weighted by atomic mass is 35.5. The number of nitrogens with one attached hydrogen (secondary N) is 1. The third-order valence-electron chi connectivity index (χ3n) is 2.59. The van der Waals surface area contributed by atoms with Gasteiger partial charge in [0.1, 0.15) is 5.75 Å². The lowest BCUT2D eigenvalue weighted by molar-refractivity contribution is -0.274. The minimum Gasteiger partial charge on any atom is -0.493 e. The molecule has 0 aliphatic heterocycles. The Kier molecular flexibility index (Phi) is 8.95. The van der Waals surface area contributed by atoms with Crippen molar-refractivity contribution in [2.24, 2.45) is 21.5 Å². The van der Waals surface area contributed by atoms with Crippen LogP contribution in [0.1, 0.15) is 20.3 Å². The maximum atomic E-state index is 12.3. The summed E-state index contributed by atoms with van der Waals surface area (Å²) >= 11 is 5.65. The number of halogens is 4. The molecule has 1 rings (SSSR count). The molecule has 0 amide bonds. The van der Waals surface area contributed by atoms with Gasteiger partial charge in [0.25, 0.3) is 0 Å². The van der Waals surface area contributed by atoms with Crippen LogP contribution in [-0.2, 0) is 4.84 Å². The lowest BCUT2D eigenvalue weighted by Gasteiger charge is -2.12. The number of nitrogens with zero attached hydrogens (tertiary/aromatic N) is 2. The summed E-state index contributed by atoms with van der Waals surface area (Å²) in [5.74, 6) is -0.416. The van der Waals surface area contributed by atoms with Crippen LogP contribution in [0.4, 0.5) is 13.2 Å². The zero-order valence-electron chi connectivity index (χ0n) is 14.7. The van der Waals surface area contributed by atoms with E-state index in [1.165, 1.54) is 12.1 Å². The number of benzene rings is 1. The molecule has 0 aliphatic carbocycles. The van der Waals surface area contributed by atoms with E-state index in [4.69, 9.17) is 32.6 Å². The molecule has 1 aromatic carbocycles. The van der Waals surface area contributed by atoms with Crippen LogP contribution in [-0.4, -0.2) is 37.5 Å². The van der Waals surface area contributed by atoms with Crippen molar-refractivity contribution in [2.45, 2.75) is 32.7 Å². The Morgan fingerprint density at radius 2 is 1.96 bits per heavy atom. The van der Waals surface area contributed by atoms with Crippen molar-refractivity contribution in [1.82, 2.24) is 5.48 Å². The molecule has 8 nitrogen and oxygen atoms in total. The quantitative estimate of drug-likeness (QED) is 0.262. The van der Waals surface area contributed by atoms with Crippen LogP contribution in [0.3, 0.4) is 0 Å². The van der Waals surface area contributed by atoms with Gasteiger partial charge in [0, 0.05) is 18.5 Å². The molecule has 0 unspecified atom stereocenters. The summed E-state index contributed by atoms with van der Waals surface area (Å²) in [5.41, 5.74) is 13.4. The Morgan fingerprint density at radius 3 is 2.59 bits per heavy atom. The maximum absolute atomic E-state index is 12.3. The number of nitrogens with two attached hydrogens (primary N) is 2. The maximum Gasteiger partial charge on any atom is 0.573 e. The van der Waals surface area contributed by atoms with Crippen LogP contribution in [0.25, 0.3) is 0 Å². The van der Waals surface area contributed by atoms with Crippen LogP contribution < -0.4 is 26.4 Å². The zero-order valence-corrected chi connectivity index (χ0v) is 15.5. The van der Waals surface area contributed by atoms with E-state index in [1.54, 1.807) is 0 Å². The number of aliphatic imine (C=N–C) groups is 2. The van der Waals surface area contributed by atoms with Gasteiger partial charge >= 0.3 is 6.36 Å². The van der Waals surface area contributed by atoms with Gasteiger partial charge in [0.2, 0.25) is 11.9 Å². The largest absolute Gasteiger partial charge is 0.573 e. The van der Waals surface area contributed by atoms with Gasteiger partial charge in [-0.05, 0) is 26.0 Å². The first-order valence-electron chi connectivity index (χ1n) is 7.80. The fraction of sp³-hybridized carbons (Fsp3) is 0.467. The third-order valence-corrected chi connectivity index (χ3v) is 2.90. The molecular weight excluding hydrogens is 391 g/mol. The van der Waals surface area contributed by atoms with Gasteiger partial charge in [-0.1, -0.05) is 11.6 Å². The van der Waals surface area contributed by atoms with Crippen molar-refractivity contribution >= 4 is 23.5 Å². The normalized spacial score (nSPS) is 13.0. The van der Waals surface area contributed by atoms with E-state index in [-0.39, 0.29) is 41.9 Å². The van der Waals surface area contributed by atoms with Gasteiger partial charge in [-0.3, -0.25) is 4.84 Å². The van der Waals surface area contributed by atoms with E-state index in [2.05, 4.69) is 20.2 Å². The molecule has 0 aliphatic rings. The van der Waals surface area contributed by atoms with Gasteiger partial charge in [-0.15, -0.1) is 13.2 Å². The lowest BCUT2D eigenvalue weighted by Crippen LogP contribution is -2.34. The summed E-state index contributed by atoms with van der Waals surface area (Å²) in [6.45, 7) is 4.03. The van der Waals surface area contributed by atoms with Crippen molar-refractivity contribution in [3.63, 3.8) is 0 Å². The second-order valence-corrected chi connectivity index (χ2v) is 5.78. The Morgan fingerprint density at radius 1 is 1.26 bits per heavy atom. The van der Waals surface area contributed by atoms with Crippen molar-refractivity contribution in [1.29, 1.82) is 0 Å². The summed E-state index contributed by atoms with van der Waals surface area (Å²) in [6, 6.07) is 3.70. The molecular formula is C15H21ClF3N5O3. The lowest BCUT2D eigenvalue weighted by atomic mass is 10.3. The first-order chi connectivity index (χ1) is 12.6. The highest BCUT2D eigenvalue weighted by Gasteiger charge is 2.32. The van der Waals surface area contributed by atoms with E-state index >= 15 is 0 Å². The van der Waals surface area contributed by atoms with E-state index in [0.717, 1.165) is 6.07 Å². The second-order valence-electron chi connectivity index (χ2n) is 5.37. The first-order valence-corrected chi connectivity index (χ1v) is 8.18. The number of hydrogen-bond donors (Lipinski definition) is 3. The average molecular weight is 412 g/mol. The highest BCUT2D eigenvalue weighted by Crippen LogP contribution is 2.33. The Labute approximate surface area is 159 Å². The molecule has 0 atom stereocenters. The molecule has 0 aromatic heterocycles. The SMILES string of the molecule is CC(C)N=C(N)N=C(N)NOCCCOc1ccc(Cl)c(OC(F)(F)F)c1. The summed E-state index contributed by atoms with van der Waals surface area (Å²) in [6.07, 6.45) is -4.43. The van der Waals surface area contributed by atoms with Crippen LogP contribution in [0, 0.1) is 0 Å². The number of hydroxylamine groups is 1. The summed E-state index contributed by atoms with van der Waals surface area (Å²) in [5, 5.41) is -0.178. The Bertz CT molecular complexity index is 669. The third kappa shape index (κ3) is 10.4. The first kappa shape index (κ1) is 22.6. The molecule has 1 aromatic rings. The van der Waals surface area contributed by atoms with E-state index < -0.39 is 12.1 Å². The standard InChI is InChI=1S/C15H21ClF3N5O3/c1-9(2)22-13(20)23-14(21)24-26-7-3-6-25-10-4-5-11(16)12(8-10)27-15(17,18)19/h4-5,8-9H,3,6-7H2,1-2H3,(H5,20,21,22,23,24). The van der Waals surface area contributed by atoms with Crippen LogP contribution in [0.2, 0.25) is 5.02 Å². The predicted molar refractivity (Wildman–Crippen MR) is 95.7 cm³/mol. The molecule has 27 heavy (non-hydrogen) atoms. The number of rotatable bonds is 8. The summed E-state index contributed by atoms with van der Waals surface area (Å²) in [4.78, 5) is 12.8. The molecule has 0 saturated carbocycles. The second kappa shape index (κ2) is 10.7. The molecule has 5 N–H and O–H groups in total. The van der Waals surface area contributed by atoms with E-state index in [1.807, 2.05) is 13.8 Å². The van der Waals surface area contributed by atoms with Gasteiger partial charge < -0.3 is 20.9 Å². The van der Waals surface area contributed by atoms with Gasteiger partial charge in [0.05, 0.1) is 18.2 Å². The molecule has 0 spiro atoms. The zero-order chi connectivity index (χ0) is 20.4. The van der Waals surface area contributed by atoms with Crippen molar-refractivity contribution in [3.8, 4) is 11.5 Å². The van der Waals surface area contributed by atoms with Crippen molar-refractivity contribution in [3.05, 3.63) is 23.2 Å². The number of ether oxygens (including phenoxy) is 2. The summed E-state index contributed by atoms with van der Waals surface area (Å²) < 4.78 is 45.9. The minimum atomic E-state index is -4.84. The number of guanidine groups is 2. The van der Waals surface area contributed by atoms with Gasteiger partial charge in [-0.25, -0.2) is 10.5 Å². The topological polar surface area (TPSA) is 116 Å². The fourth-order valence-corrected chi connectivity index (χ4v) is 1.82. The van der Waals surface area contributed by atoms with Gasteiger partial charge in [-0.2, -0.15) is 4.99 Å². The number of alkyl halides is 3. The Hall–Kier alpha value is -2.40. The fourth-order valence-electron chi connectivity index (χ4n) is 1.66. The molecule has 0 radical (unpaired) electrons. The molecule has 12 heteroatoms. The molecule has 0 bridgehead atoms. The van der Waals surface area contributed by atoms with Crippen molar-refractivity contribution < 1.29 is 27.5 Å². The molecule has 0 heterocycles. The van der Waals surface area contributed by atoms with Crippen LogP contribution in [0.5, 0.6) is 11.5 Å². The predicted octanol–water partition coefficient (Wildman–Crippen LogP) is 2.57. The van der Waals surface area contributed by atoms with Gasteiger partial charge in [0.15, 0.2) is 5.75 Å². The van der Waals surface area contributed by atoms with Crippen LogP contribution >= 0.6 is 11.6 Å². The Balaban J connectivity index is 2.34. The number of hydrogen-bond acceptors (Lipinski definition) is 4. The smallest absolute Gasteiger partial charge is 0.493 e. The monoisotopic (exact) mass is 411 g/mol. The molecule has 0 saturated heterocycles. The van der Waals surface area contributed by atoms with E-state index in [9.17, 15) is 13.2 Å². The summed E-state index contributed by atoms with van der Waals surface area (Å²) in [7, 11) is 0. The average Bonchev–Trinajstić information content (AvgIpc) is 2.51. The molecule has 0 fully saturated rings. The minimum absolute atomic E-state index is 0.0153. The van der Waals surface area contributed by atoms with Crippen LogP contribution in [0.15, 0.2) is 28.2 Å². The van der Waals surface area contributed by atoms with Crippen molar-refractivity contribution in [2.75, 3.05) is 13.2 Å². The highest BCUT2D eigenvalue weighted by molar-refractivity contribution is 6.32. The van der Waals surface area contributed by atoms with E-state index in [0.29, 0.717) is 6.42 Å². The molecule has 152 valence electrons.